The van der Waals surface area contributed by atoms with Crippen LogP contribution in [0, 0.1) is 0 Å². The van der Waals surface area contributed by atoms with Crippen LogP contribution in [0.5, 0.6) is 0 Å². The van der Waals surface area contributed by atoms with Gasteiger partial charge in [-0.15, -0.1) is 0 Å². The lowest BCUT2D eigenvalue weighted by Crippen LogP contribution is -2.52. The Morgan fingerprint density at radius 3 is 2.61 bits per heavy atom. The van der Waals surface area contributed by atoms with Gasteiger partial charge in [-0.25, -0.2) is 0 Å². The molecule has 0 aromatic carbocycles. The number of primary amides is 1. The Labute approximate surface area is 112 Å². The molecule has 0 aromatic heterocycles. The number of carbonyl (C=O) groups is 3. The average molecular weight is 275 g/mol. The Bertz CT molecular complexity index is 352. The molecular weight excluding hydrogens is 254 g/mol. The highest BCUT2D eigenvalue weighted by molar-refractivity contribution is 7.98. The highest BCUT2D eigenvalue weighted by atomic mass is 32.2. The van der Waals surface area contributed by atoms with E-state index in [0.29, 0.717) is 5.75 Å². The maximum absolute atomic E-state index is 11.9. The molecule has 0 aliphatic rings. The van der Waals surface area contributed by atoms with Gasteiger partial charge >= 0.3 is 0 Å². The molecule has 0 unspecified atom stereocenters. The van der Waals surface area contributed by atoms with Crippen LogP contribution in [-0.4, -0.2) is 41.7 Å². The van der Waals surface area contributed by atoms with Gasteiger partial charge in [0.2, 0.25) is 11.8 Å². The lowest BCUT2D eigenvalue weighted by Gasteiger charge is -2.19. The molecule has 0 aliphatic carbocycles. The van der Waals surface area contributed by atoms with Crippen LogP contribution in [0.15, 0.2) is 12.8 Å². The SMILES string of the molecule is [3H]NC(=O)[C@H](CC(C)=O)NC(=O)[C@H](CSC)NC=C. The Morgan fingerprint density at radius 2 is 2.17 bits per heavy atom. The summed E-state index contributed by atoms with van der Waals surface area (Å²) in [5.41, 5.74) is 1.68. The number of rotatable bonds is 9. The first-order valence-electron chi connectivity index (χ1n) is 5.83. The van der Waals surface area contributed by atoms with Gasteiger partial charge in [0.1, 0.15) is 17.9 Å². The van der Waals surface area contributed by atoms with Crippen LogP contribution in [0.25, 0.3) is 0 Å². The summed E-state index contributed by atoms with van der Waals surface area (Å²) >= 11 is 1.46. The zero-order valence-electron chi connectivity index (χ0n) is 11.5. The van der Waals surface area contributed by atoms with E-state index < -0.39 is 23.9 Å². The topological polar surface area (TPSA) is 101 Å². The van der Waals surface area contributed by atoms with Crippen LogP contribution in [0.4, 0.5) is 0 Å². The summed E-state index contributed by atoms with van der Waals surface area (Å²) in [4.78, 5) is 34.4. The van der Waals surface area contributed by atoms with Crippen molar-refractivity contribution in [2.24, 2.45) is 5.73 Å². The molecule has 0 heterocycles. The molecule has 0 rings (SSSR count). The largest absolute Gasteiger partial charge is 0.380 e. The number of nitrogens with two attached hydrogens (primary N) is 1. The zero-order chi connectivity index (χ0) is 14.8. The first-order chi connectivity index (χ1) is 8.96. The monoisotopic (exact) mass is 275 g/mol. The second-order valence-corrected chi connectivity index (χ2v) is 4.62. The number of thioether (sulfide) groups is 1. The second-order valence-electron chi connectivity index (χ2n) is 3.71. The summed E-state index contributed by atoms with van der Waals surface area (Å²) < 4.78 is 6.80. The Hall–Kier alpha value is -1.50. The van der Waals surface area contributed by atoms with E-state index in [1.165, 1.54) is 24.9 Å². The molecule has 7 heteroatoms. The molecule has 6 nitrogen and oxygen atoms in total. The summed E-state index contributed by atoms with van der Waals surface area (Å²) in [5, 5.41) is 5.22. The first kappa shape index (κ1) is 14.6. The van der Waals surface area contributed by atoms with Gasteiger partial charge in [-0.3, -0.25) is 14.4 Å². The van der Waals surface area contributed by atoms with Crippen molar-refractivity contribution in [3.05, 3.63) is 12.8 Å². The lowest BCUT2D eigenvalue weighted by atomic mass is 10.1. The number of hydrogen-bond donors (Lipinski definition) is 3. The van der Waals surface area contributed by atoms with Gasteiger partial charge in [0.25, 0.3) is 0 Å². The standard InChI is InChI=1S/C11H19N3O3S/c1-4-13-9(6-18-3)11(17)14-8(10(12)16)5-7(2)15/h4,8-9,13H,1,5-6H2,2-3H3,(H2,12,16)(H,14,17)/t8-,9-/m0/s1/i/hT. The van der Waals surface area contributed by atoms with Crippen LogP contribution in [-0.2, 0) is 14.4 Å². The molecule has 0 fully saturated rings. The Morgan fingerprint density at radius 1 is 1.50 bits per heavy atom. The molecule has 102 valence electrons. The van der Waals surface area contributed by atoms with Gasteiger partial charge in [-0.1, -0.05) is 6.58 Å². The summed E-state index contributed by atoms with van der Waals surface area (Å²) in [7, 11) is 0. The minimum absolute atomic E-state index is 0.142. The van der Waals surface area contributed by atoms with Crippen LogP contribution >= 0.6 is 11.8 Å². The highest BCUT2D eigenvalue weighted by Crippen LogP contribution is 2.00. The molecule has 18 heavy (non-hydrogen) atoms. The molecule has 0 aromatic rings. The molecule has 0 aliphatic heterocycles. The third-order valence-corrected chi connectivity index (χ3v) is 2.76. The van der Waals surface area contributed by atoms with E-state index in [1.807, 2.05) is 6.26 Å². The van der Waals surface area contributed by atoms with Gasteiger partial charge in [-0.2, -0.15) is 11.8 Å². The van der Waals surface area contributed by atoms with Gasteiger partial charge in [0.05, 0.1) is 0 Å². The Kier molecular flexibility index (Phi) is 6.93. The number of nitrogens with one attached hydrogen (secondary N) is 2. The van der Waals surface area contributed by atoms with Gasteiger partial charge in [0.15, 0.2) is 1.41 Å². The van der Waals surface area contributed by atoms with Crippen molar-refractivity contribution in [1.29, 1.82) is 0 Å². The number of ketones is 1. The molecule has 0 bridgehead atoms. The van der Waals surface area contributed by atoms with E-state index in [2.05, 4.69) is 17.2 Å². The predicted octanol–water partition coefficient (Wildman–Crippen LogP) is -0.600. The minimum atomic E-state index is -1.03. The van der Waals surface area contributed by atoms with Crippen LogP contribution in [0.2, 0.25) is 1.41 Å². The van der Waals surface area contributed by atoms with E-state index in [9.17, 15) is 14.4 Å². The number of hydrogen-bond acceptors (Lipinski definition) is 5. The van der Waals surface area contributed by atoms with Crippen molar-refractivity contribution in [3.8, 4) is 0 Å². The summed E-state index contributed by atoms with van der Waals surface area (Å²) in [6.45, 7) is 4.80. The second kappa shape index (κ2) is 8.57. The predicted molar refractivity (Wildman–Crippen MR) is 71.9 cm³/mol. The molecule has 2 amide bonds. The van der Waals surface area contributed by atoms with Crippen LogP contribution < -0.4 is 16.4 Å². The van der Waals surface area contributed by atoms with Crippen molar-refractivity contribution in [2.75, 3.05) is 12.0 Å². The summed E-state index contributed by atoms with van der Waals surface area (Å²) in [6.07, 6.45) is 3.09. The van der Waals surface area contributed by atoms with E-state index in [4.69, 9.17) is 1.41 Å². The first-order valence-corrected chi connectivity index (χ1v) is 6.72. The molecule has 0 spiro atoms. The fourth-order valence-corrected chi connectivity index (χ4v) is 1.86. The van der Waals surface area contributed by atoms with E-state index >= 15 is 0 Å². The van der Waals surface area contributed by atoms with E-state index in [0.717, 1.165) is 0 Å². The fraction of sp³-hybridized carbons (Fsp3) is 0.545. The van der Waals surface area contributed by atoms with Gasteiger partial charge < -0.3 is 16.4 Å². The Balaban J connectivity index is 4.70. The van der Waals surface area contributed by atoms with Crippen molar-refractivity contribution in [3.63, 3.8) is 0 Å². The van der Waals surface area contributed by atoms with Crippen molar-refractivity contribution in [1.82, 2.24) is 10.6 Å². The highest BCUT2D eigenvalue weighted by Gasteiger charge is 2.24. The molecule has 4 N–H and O–H groups in total. The maximum Gasteiger partial charge on any atom is 0.243 e. The normalized spacial score (nSPS) is 13.8. The summed E-state index contributed by atoms with van der Waals surface area (Å²) in [6, 6.07) is -1.57. The fourth-order valence-electron chi connectivity index (χ4n) is 1.28. The number of carbonyl (C=O) groups excluding carboxylic acids is 3. The molecule has 2 atom stereocenters. The molecule has 0 saturated carbocycles. The van der Waals surface area contributed by atoms with Crippen molar-refractivity contribution in [2.45, 2.75) is 25.4 Å². The molecule has 0 radical (unpaired) electrons. The smallest absolute Gasteiger partial charge is 0.243 e. The lowest BCUT2D eigenvalue weighted by molar-refractivity contribution is -0.129. The maximum atomic E-state index is 11.9. The van der Waals surface area contributed by atoms with Crippen LogP contribution in [0.1, 0.15) is 13.3 Å². The van der Waals surface area contributed by atoms with E-state index in [-0.39, 0.29) is 12.2 Å². The molecule has 0 saturated heterocycles. The quantitative estimate of drug-likeness (QED) is 0.521. The van der Waals surface area contributed by atoms with Gasteiger partial charge in [-0.05, 0) is 19.4 Å². The van der Waals surface area contributed by atoms with Gasteiger partial charge in [0, 0.05) is 12.2 Å². The zero-order valence-corrected chi connectivity index (χ0v) is 11.3. The summed E-state index contributed by atoms with van der Waals surface area (Å²) in [5.74, 6) is -0.881. The van der Waals surface area contributed by atoms with Crippen molar-refractivity contribution < 1.29 is 15.8 Å². The van der Waals surface area contributed by atoms with Crippen LogP contribution in [0.3, 0.4) is 0 Å². The van der Waals surface area contributed by atoms with E-state index in [1.54, 1.807) is 5.73 Å². The number of amides is 2. The third kappa shape index (κ3) is 6.29. The minimum Gasteiger partial charge on any atom is -0.380 e. The average Bonchev–Trinajstić information content (AvgIpc) is 2.36. The molecular formula is C11H19N3O3S. The van der Waals surface area contributed by atoms with Crippen molar-refractivity contribution >= 4 is 29.4 Å². The number of Topliss-reactive ketones (excluding diaryl/α,β-unsaturated/α-hetero) is 1. The third-order valence-electron chi connectivity index (χ3n) is 2.09.